The van der Waals surface area contributed by atoms with Gasteiger partial charge in [-0.05, 0) is 62.4 Å². The fourth-order valence-corrected chi connectivity index (χ4v) is 3.14. The Bertz CT molecular complexity index is 665. The Morgan fingerprint density at radius 2 is 2.04 bits per heavy atom. The number of ether oxygens (including phenoxy) is 1. The number of aryl methyl sites for hydroxylation is 2. The number of rotatable bonds is 5. The highest BCUT2D eigenvalue weighted by molar-refractivity contribution is 5.61. The molecular formula is C19H27N3O2. The molecule has 0 bridgehead atoms. The Morgan fingerprint density at radius 1 is 1.29 bits per heavy atom. The maximum absolute atomic E-state index is 5.95. The smallest absolute Gasteiger partial charge is 0.231 e. The molecule has 1 unspecified atom stereocenters. The molecule has 1 fully saturated rings. The van der Waals surface area contributed by atoms with Crippen molar-refractivity contribution in [2.24, 2.45) is 5.92 Å². The third-order valence-corrected chi connectivity index (χ3v) is 4.37. The van der Waals surface area contributed by atoms with Gasteiger partial charge in [-0.2, -0.15) is 4.98 Å². The predicted molar refractivity (Wildman–Crippen MR) is 94.4 cm³/mol. The normalized spacial score (nSPS) is 18.1. The molecule has 0 radical (unpaired) electrons. The summed E-state index contributed by atoms with van der Waals surface area (Å²) >= 11 is 0. The van der Waals surface area contributed by atoms with Crippen molar-refractivity contribution in [3.63, 3.8) is 0 Å². The highest BCUT2D eigenvalue weighted by Crippen LogP contribution is 2.30. The molecule has 0 aliphatic carbocycles. The van der Waals surface area contributed by atoms with Crippen LogP contribution < -0.4 is 10.1 Å². The van der Waals surface area contributed by atoms with Crippen LogP contribution in [0.1, 0.15) is 49.6 Å². The molecule has 1 aromatic carbocycles. The van der Waals surface area contributed by atoms with Gasteiger partial charge in [-0.25, -0.2) is 0 Å². The number of nitrogens with zero attached hydrogens (tertiary/aromatic N) is 2. The molecule has 1 atom stereocenters. The standard InChI is InChI=1S/C19H27N3O2/c1-12(2)11-23-17-13(3)8-16(9-14(17)4)18-21-19(24-22-18)15-6-5-7-20-10-15/h8-9,12,15,20H,5-7,10-11H2,1-4H3. The molecule has 1 saturated heterocycles. The monoisotopic (exact) mass is 329 g/mol. The first-order chi connectivity index (χ1) is 11.5. The number of nitrogens with one attached hydrogen (secondary N) is 1. The molecule has 5 heteroatoms. The van der Waals surface area contributed by atoms with Crippen LogP contribution in [0.3, 0.4) is 0 Å². The summed E-state index contributed by atoms with van der Waals surface area (Å²) in [5.41, 5.74) is 3.20. The Balaban J connectivity index is 1.81. The first kappa shape index (κ1) is 17.0. The lowest BCUT2D eigenvalue weighted by molar-refractivity contribution is 0.268. The second kappa shape index (κ2) is 7.34. The zero-order valence-electron chi connectivity index (χ0n) is 15.1. The Hall–Kier alpha value is -1.88. The van der Waals surface area contributed by atoms with Crippen LogP contribution in [-0.4, -0.2) is 29.8 Å². The largest absolute Gasteiger partial charge is 0.493 e. The fraction of sp³-hybridized carbons (Fsp3) is 0.579. The molecule has 1 aromatic heterocycles. The number of aromatic nitrogens is 2. The van der Waals surface area contributed by atoms with Crippen LogP contribution in [0.2, 0.25) is 0 Å². The Labute approximate surface area is 143 Å². The van der Waals surface area contributed by atoms with Crippen LogP contribution in [0.15, 0.2) is 16.7 Å². The van der Waals surface area contributed by atoms with Gasteiger partial charge in [0.25, 0.3) is 0 Å². The van der Waals surface area contributed by atoms with Crippen LogP contribution in [0.25, 0.3) is 11.4 Å². The van der Waals surface area contributed by atoms with E-state index in [0.29, 0.717) is 17.7 Å². The van der Waals surface area contributed by atoms with E-state index in [1.807, 2.05) is 0 Å². The summed E-state index contributed by atoms with van der Waals surface area (Å²) in [7, 11) is 0. The van der Waals surface area contributed by atoms with Crippen molar-refractivity contribution in [3.05, 3.63) is 29.2 Å². The van der Waals surface area contributed by atoms with E-state index in [2.05, 4.69) is 55.3 Å². The summed E-state index contributed by atoms with van der Waals surface area (Å²) in [5, 5.41) is 7.58. The van der Waals surface area contributed by atoms with E-state index in [-0.39, 0.29) is 0 Å². The molecule has 5 nitrogen and oxygen atoms in total. The van der Waals surface area contributed by atoms with Gasteiger partial charge in [-0.3, -0.25) is 0 Å². The molecular weight excluding hydrogens is 302 g/mol. The van der Waals surface area contributed by atoms with Crippen molar-refractivity contribution in [2.75, 3.05) is 19.7 Å². The Kier molecular flexibility index (Phi) is 5.19. The molecule has 130 valence electrons. The summed E-state index contributed by atoms with van der Waals surface area (Å²) < 4.78 is 11.5. The van der Waals surface area contributed by atoms with Crippen molar-refractivity contribution in [1.29, 1.82) is 0 Å². The van der Waals surface area contributed by atoms with E-state index >= 15 is 0 Å². The van der Waals surface area contributed by atoms with E-state index < -0.39 is 0 Å². The van der Waals surface area contributed by atoms with Crippen molar-refractivity contribution >= 4 is 0 Å². The van der Waals surface area contributed by atoms with Crippen LogP contribution in [0, 0.1) is 19.8 Å². The van der Waals surface area contributed by atoms with Crippen molar-refractivity contribution in [2.45, 2.75) is 46.5 Å². The average molecular weight is 329 g/mol. The third kappa shape index (κ3) is 3.78. The molecule has 1 aliphatic rings. The van der Waals surface area contributed by atoms with Crippen LogP contribution in [-0.2, 0) is 0 Å². The van der Waals surface area contributed by atoms with Gasteiger partial charge < -0.3 is 14.6 Å². The predicted octanol–water partition coefficient (Wildman–Crippen LogP) is 3.86. The van der Waals surface area contributed by atoms with Gasteiger partial charge in [-0.15, -0.1) is 0 Å². The highest BCUT2D eigenvalue weighted by Gasteiger charge is 2.22. The zero-order chi connectivity index (χ0) is 17.1. The molecule has 2 heterocycles. The fourth-order valence-electron chi connectivity index (χ4n) is 3.14. The minimum atomic E-state index is 0.329. The zero-order valence-corrected chi connectivity index (χ0v) is 15.1. The minimum Gasteiger partial charge on any atom is -0.493 e. The first-order valence-corrected chi connectivity index (χ1v) is 8.83. The average Bonchev–Trinajstić information content (AvgIpc) is 3.04. The maximum atomic E-state index is 5.95. The number of hydrogen-bond acceptors (Lipinski definition) is 5. The van der Waals surface area contributed by atoms with Crippen molar-refractivity contribution in [1.82, 2.24) is 15.5 Å². The number of benzene rings is 1. The van der Waals surface area contributed by atoms with Gasteiger partial charge in [0.05, 0.1) is 12.5 Å². The van der Waals surface area contributed by atoms with Gasteiger partial charge >= 0.3 is 0 Å². The molecule has 24 heavy (non-hydrogen) atoms. The topological polar surface area (TPSA) is 60.2 Å². The van der Waals surface area contributed by atoms with E-state index in [4.69, 9.17) is 9.26 Å². The second-order valence-corrected chi connectivity index (χ2v) is 7.14. The van der Waals surface area contributed by atoms with Crippen molar-refractivity contribution in [3.8, 4) is 17.1 Å². The molecule has 1 aliphatic heterocycles. The third-order valence-electron chi connectivity index (χ3n) is 4.37. The van der Waals surface area contributed by atoms with Crippen LogP contribution in [0.5, 0.6) is 5.75 Å². The molecule has 1 N–H and O–H groups in total. The number of piperidine rings is 1. The van der Waals surface area contributed by atoms with Gasteiger partial charge in [0, 0.05) is 12.1 Å². The maximum Gasteiger partial charge on any atom is 0.231 e. The lowest BCUT2D eigenvalue weighted by Crippen LogP contribution is -2.28. The van der Waals surface area contributed by atoms with E-state index in [1.165, 1.54) is 0 Å². The minimum absolute atomic E-state index is 0.329. The van der Waals surface area contributed by atoms with E-state index in [9.17, 15) is 0 Å². The highest BCUT2D eigenvalue weighted by atomic mass is 16.5. The summed E-state index contributed by atoms with van der Waals surface area (Å²) in [6.45, 7) is 11.2. The molecule has 3 rings (SSSR count). The molecule has 0 amide bonds. The quantitative estimate of drug-likeness (QED) is 0.902. The Morgan fingerprint density at radius 3 is 2.67 bits per heavy atom. The lowest BCUT2D eigenvalue weighted by Gasteiger charge is -2.18. The van der Waals surface area contributed by atoms with Gasteiger partial charge in [0.15, 0.2) is 0 Å². The summed E-state index contributed by atoms with van der Waals surface area (Å²) in [6.07, 6.45) is 2.26. The second-order valence-electron chi connectivity index (χ2n) is 7.14. The van der Waals surface area contributed by atoms with E-state index in [1.54, 1.807) is 0 Å². The summed E-state index contributed by atoms with van der Waals surface area (Å²) in [5.74, 6) is 3.21. The molecule has 0 saturated carbocycles. The summed E-state index contributed by atoms with van der Waals surface area (Å²) in [4.78, 5) is 4.63. The van der Waals surface area contributed by atoms with Crippen LogP contribution in [0.4, 0.5) is 0 Å². The van der Waals surface area contributed by atoms with Gasteiger partial charge in [0.1, 0.15) is 5.75 Å². The number of hydrogen-bond donors (Lipinski definition) is 1. The SMILES string of the molecule is Cc1cc(-c2noc(C3CCCNC3)n2)cc(C)c1OCC(C)C. The molecule has 0 spiro atoms. The van der Waals surface area contributed by atoms with Gasteiger partial charge in [0.2, 0.25) is 11.7 Å². The summed E-state index contributed by atoms with van der Waals surface area (Å²) in [6, 6.07) is 4.16. The first-order valence-electron chi connectivity index (χ1n) is 8.83. The van der Waals surface area contributed by atoms with E-state index in [0.717, 1.165) is 60.9 Å². The van der Waals surface area contributed by atoms with Crippen molar-refractivity contribution < 1.29 is 9.26 Å². The molecule has 2 aromatic rings. The van der Waals surface area contributed by atoms with Gasteiger partial charge in [-0.1, -0.05) is 19.0 Å². The lowest BCUT2D eigenvalue weighted by atomic mass is 10.00. The van der Waals surface area contributed by atoms with Crippen LogP contribution >= 0.6 is 0 Å².